The molecule has 4 aromatic rings. The normalized spacial score (nSPS) is 14.2. The van der Waals surface area contributed by atoms with Crippen LogP contribution in [0.3, 0.4) is 0 Å². The summed E-state index contributed by atoms with van der Waals surface area (Å²) in [7, 11) is 5.79. The van der Waals surface area contributed by atoms with Crippen LogP contribution < -0.4 is 4.74 Å². The average molecular weight is 513 g/mol. The summed E-state index contributed by atoms with van der Waals surface area (Å²) in [4.78, 5) is 23.9. The van der Waals surface area contributed by atoms with Crippen LogP contribution in [0.15, 0.2) is 49.1 Å². The number of carbonyl (C=O) groups is 1. The number of methoxy groups -OCH3 is 1. The number of ether oxygens (including phenoxy) is 1. The third-order valence-electron chi connectivity index (χ3n) is 7.60. The molecule has 1 fully saturated rings. The van der Waals surface area contributed by atoms with Gasteiger partial charge in [0.1, 0.15) is 17.9 Å². The van der Waals surface area contributed by atoms with Gasteiger partial charge in [0.25, 0.3) is 0 Å². The van der Waals surface area contributed by atoms with Crippen LogP contribution in [0.1, 0.15) is 57.6 Å². The van der Waals surface area contributed by atoms with Crippen molar-refractivity contribution in [3.8, 4) is 16.9 Å². The van der Waals surface area contributed by atoms with Crippen molar-refractivity contribution in [2.45, 2.75) is 45.7 Å². The van der Waals surface area contributed by atoms with Gasteiger partial charge in [-0.2, -0.15) is 5.10 Å². The number of benzene rings is 1. The highest BCUT2D eigenvalue weighted by Gasteiger charge is 2.36. The summed E-state index contributed by atoms with van der Waals surface area (Å²) in [5, 5.41) is 4.60. The van der Waals surface area contributed by atoms with Gasteiger partial charge < -0.3 is 9.30 Å². The maximum absolute atomic E-state index is 12.4. The van der Waals surface area contributed by atoms with Crippen molar-refractivity contribution in [3.05, 3.63) is 83.0 Å². The molecule has 0 amide bonds. The van der Waals surface area contributed by atoms with Crippen molar-refractivity contribution < 1.29 is 9.53 Å². The van der Waals surface area contributed by atoms with Crippen molar-refractivity contribution in [2.75, 3.05) is 20.7 Å². The van der Waals surface area contributed by atoms with Gasteiger partial charge in [-0.3, -0.25) is 19.4 Å². The molecule has 0 spiro atoms. The summed E-state index contributed by atoms with van der Waals surface area (Å²) >= 11 is 0. The van der Waals surface area contributed by atoms with Crippen LogP contribution in [0.25, 0.3) is 11.1 Å². The van der Waals surface area contributed by atoms with Crippen molar-refractivity contribution in [1.29, 1.82) is 0 Å². The zero-order chi connectivity index (χ0) is 26.8. The van der Waals surface area contributed by atoms with Crippen molar-refractivity contribution in [1.82, 2.24) is 29.2 Å². The minimum Gasteiger partial charge on any atom is -0.497 e. The number of carbonyl (C=O) groups excluding carboxylic acids is 1. The van der Waals surface area contributed by atoms with Gasteiger partial charge in [-0.25, -0.2) is 4.98 Å². The number of rotatable bonds is 11. The van der Waals surface area contributed by atoms with Crippen LogP contribution in [-0.4, -0.2) is 56.2 Å². The molecule has 0 saturated heterocycles. The molecule has 0 aliphatic heterocycles. The van der Waals surface area contributed by atoms with Gasteiger partial charge in [0.15, 0.2) is 0 Å². The Bertz CT molecular complexity index is 1430. The Morgan fingerprint density at radius 1 is 1.16 bits per heavy atom. The Kier molecular flexibility index (Phi) is 7.42. The molecule has 1 unspecified atom stereocenters. The second-order valence-corrected chi connectivity index (χ2v) is 10.4. The molecule has 198 valence electrons. The molecular formula is C30H36N6O2. The van der Waals surface area contributed by atoms with Crippen LogP contribution in [0.2, 0.25) is 0 Å². The highest BCUT2D eigenvalue weighted by molar-refractivity contribution is 5.84. The van der Waals surface area contributed by atoms with E-state index in [4.69, 9.17) is 9.72 Å². The zero-order valence-corrected chi connectivity index (χ0v) is 22.9. The van der Waals surface area contributed by atoms with Crippen LogP contribution in [-0.2, 0) is 20.0 Å². The van der Waals surface area contributed by atoms with E-state index in [1.165, 1.54) is 12.8 Å². The second-order valence-electron chi connectivity index (χ2n) is 10.4. The van der Waals surface area contributed by atoms with E-state index in [9.17, 15) is 4.79 Å². The molecule has 1 aliphatic rings. The minimum absolute atomic E-state index is 0.219. The Hall–Kier alpha value is -3.78. The van der Waals surface area contributed by atoms with E-state index in [2.05, 4.69) is 32.7 Å². The van der Waals surface area contributed by atoms with E-state index in [-0.39, 0.29) is 6.04 Å². The number of hydrogen-bond donors (Lipinski definition) is 0. The van der Waals surface area contributed by atoms with E-state index in [1.807, 2.05) is 62.4 Å². The van der Waals surface area contributed by atoms with E-state index < -0.39 is 0 Å². The molecule has 0 radical (unpaired) electrons. The van der Waals surface area contributed by atoms with Gasteiger partial charge in [-0.05, 0) is 81.0 Å². The van der Waals surface area contributed by atoms with Gasteiger partial charge in [0, 0.05) is 62.1 Å². The first-order valence-electron chi connectivity index (χ1n) is 13.2. The highest BCUT2D eigenvalue weighted by atomic mass is 16.5. The van der Waals surface area contributed by atoms with Crippen molar-refractivity contribution in [2.24, 2.45) is 13.0 Å². The van der Waals surface area contributed by atoms with Crippen molar-refractivity contribution in [3.63, 3.8) is 0 Å². The minimum atomic E-state index is 0.219. The van der Waals surface area contributed by atoms with E-state index in [0.717, 1.165) is 70.0 Å². The fourth-order valence-corrected chi connectivity index (χ4v) is 5.49. The molecule has 5 rings (SSSR count). The molecule has 1 atom stereocenters. The highest BCUT2D eigenvalue weighted by Crippen LogP contribution is 2.44. The quantitative estimate of drug-likeness (QED) is 0.269. The van der Waals surface area contributed by atoms with Crippen molar-refractivity contribution >= 4 is 6.29 Å². The Morgan fingerprint density at radius 2 is 1.97 bits per heavy atom. The first-order valence-corrected chi connectivity index (χ1v) is 13.2. The summed E-state index contributed by atoms with van der Waals surface area (Å²) in [6.45, 7) is 5.47. The molecule has 1 saturated carbocycles. The lowest BCUT2D eigenvalue weighted by Crippen LogP contribution is -2.29. The third kappa shape index (κ3) is 5.41. The first-order chi connectivity index (χ1) is 18.4. The summed E-state index contributed by atoms with van der Waals surface area (Å²) in [6, 6.07) is 8.40. The van der Waals surface area contributed by atoms with Crippen LogP contribution in [0, 0.1) is 19.8 Å². The maximum Gasteiger partial charge on any atom is 0.150 e. The predicted molar refractivity (Wildman–Crippen MR) is 147 cm³/mol. The van der Waals surface area contributed by atoms with E-state index in [0.29, 0.717) is 12.5 Å². The summed E-state index contributed by atoms with van der Waals surface area (Å²) < 4.78 is 9.40. The Labute approximate surface area is 224 Å². The number of likely N-dealkylation sites (N-methyl/N-ethyl adjacent to an activating group) is 1. The second kappa shape index (κ2) is 10.9. The summed E-state index contributed by atoms with van der Waals surface area (Å²) in [5.74, 6) is 2.36. The molecule has 3 aromatic heterocycles. The SMILES string of the molecule is COc1ccnc(C(C2CC2)N(C)CCc2c(C=O)cc(Cn3ccnc3C)cc2-c2cn(C)nc2C)c1. The Balaban J connectivity index is 1.48. The molecule has 1 aromatic carbocycles. The predicted octanol–water partition coefficient (Wildman–Crippen LogP) is 4.79. The van der Waals surface area contributed by atoms with Crippen LogP contribution >= 0.6 is 0 Å². The number of pyridine rings is 1. The number of aryl methyl sites for hydroxylation is 3. The summed E-state index contributed by atoms with van der Waals surface area (Å²) in [5.41, 5.74) is 6.98. The lowest BCUT2D eigenvalue weighted by atomic mass is 9.91. The molecule has 1 aliphatic carbocycles. The summed E-state index contributed by atoms with van der Waals surface area (Å²) in [6.07, 6.45) is 11.8. The smallest absolute Gasteiger partial charge is 0.150 e. The van der Waals surface area contributed by atoms with Crippen LogP contribution in [0.4, 0.5) is 0 Å². The third-order valence-corrected chi connectivity index (χ3v) is 7.60. The van der Waals surface area contributed by atoms with Gasteiger partial charge >= 0.3 is 0 Å². The standard InChI is InChI=1S/C30H36N6O2/c1-20-28(18-35(4)33-20)27-15-22(17-36-13-11-31-21(36)2)14-24(19-37)26(27)9-12-34(3)30(23-6-7-23)29-16-25(38-5)8-10-32-29/h8,10-11,13-16,18-19,23,30H,6-7,9,12,17H2,1-5H3. The van der Waals surface area contributed by atoms with E-state index >= 15 is 0 Å². The fraction of sp³-hybridized carbons (Fsp3) is 0.400. The van der Waals surface area contributed by atoms with Gasteiger partial charge in [-0.1, -0.05) is 0 Å². The number of nitrogens with zero attached hydrogens (tertiary/aromatic N) is 6. The maximum atomic E-state index is 12.4. The first kappa shape index (κ1) is 25.9. The number of hydrogen-bond acceptors (Lipinski definition) is 6. The molecule has 0 bridgehead atoms. The monoisotopic (exact) mass is 512 g/mol. The topological polar surface area (TPSA) is 78.1 Å². The Morgan fingerprint density at radius 3 is 2.61 bits per heavy atom. The van der Waals surface area contributed by atoms with E-state index in [1.54, 1.807) is 13.3 Å². The van der Waals surface area contributed by atoms with Gasteiger partial charge in [-0.15, -0.1) is 0 Å². The molecule has 0 N–H and O–H groups in total. The lowest BCUT2D eigenvalue weighted by Gasteiger charge is -2.28. The number of aromatic nitrogens is 5. The molecule has 3 heterocycles. The van der Waals surface area contributed by atoms with Gasteiger partial charge in [0.2, 0.25) is 0 Å². The number of imidazole rings is 1. The molecular weight excluding hydrogens is 476 g/mol. The van der Waals surface area contributed by atoms with Crippen LogP contribution in [0.5, 0.6) is 5.75 Å². The lowest BCUT2D eigenvalue weighted by molar-refractivity contribution is 0.112. The molecule has 8 heteroatoms. The average Bonchev–Trinajstić information content (AvgIpc) is 3.57. The fourth-order valence-electron chi connectivity index (χ4n) is 5.49. The molecule has 8 nitrogen and oxygen atoms in total. The molecule has 38 heavy (non-hydrogen) atoms. The zero-order valence-electron chi connectivity index (χ0n) is 22.9. The largest absolute Gasteiger partial charge is 0.497 e. The van der Waals surface area contributed by atoms with Gasteiger partial charge in [0.05, 0.1) is 24.5 Å². The number of aldehydes is 1.